The Morgan fingerprint density at radius 3 is 2.47 bits per heavy atom. The predicted molar refractivity (Wildman–Crippen MR) is 83.0 cm³/mol. The molecule has 2 unspecified atom stereocenters. The maximum Gasteiger partial charge on any atom is 0.0234 e. The molecule has 0 aliphatic carbocycles. The molecule has 3 rings (SSSR count). The van der Waals surface area contributed by atoms with Crippen molar-refractivity contribution in [3.63, 3.8) is 0 Å². The molecule has 0 radical (unpaired) electrons. The third-order valence-electron chi connectivity index (χ3n) is 4.30. The van der Waals surface area contributed by atoms with Gasteiger partial charge in [-0.2, -0.15) is 0 Å². The summed E-state index contributed by atoms with van der Waals surface area (Å²) in [4.78, 5) is 2.63. The van der Waals surface area contributed by atoms with Crippen LogP contribution in [0.3, 0.4) is 0 Å². The predicted octanol–water partition coefficient (Wildman–Crippen LogP) is 3.05. The topological polar surface area (TPSA) is 15.3 Å². The molecule has 2 aliphatic rings. The van der Waals surface area contributed by atoms with Crippen LogP contribution in [0.5, 0.6) is 0 Å². The molecule has 19 heavy (non-hydrogen) atoms. The molecule has 2 bridgehead atoms. The molecule has 1 aromatic rings. The fraction of sp³-hybridized carbons (Fsp3) is 0.625. The average molecular weight is 281 g/mol. The summed E-state index contributed by atoms with van der Waals surface area (Å²) in [6.45, 7) is 7.99. The van der Waals surface area contributed by atoms with E-state index < -0.39 is 0 Å². The van der Waals surface area contributed by atoms with Gasteiger partial charge in [-0.1, -0.05) is 29.3 Å². The first-order valence-corrected chi connectivity index (χ1v) is 7.24. The Morgan fingerprint density at radius 2 is 1.74 bits per heavy atom. The van der Waals surface area contributed by atoms with Crippen LogP contribution in [-0.4, -0.2) is 30.1 Å². The molecule has 2 nitrogen and oxygen atoms in total. The van der Waals surface area contributed by atoms with Gasteiger partial charge in [-0.05, 0) is 38.7 Å². The highest BCUT2D eigenvalue weighted by molar-refractivity contribution is 5.85. The van der Waals surface area contributed by atoms with E-state index in [0.717, 1.165) is 18.6 Å². The third-order valence-corrected chi connectivity index (χ3v) is 4.30. The maximum absolute atomic E-state index is 3.75. The van der Waals surface area contributed by atoms with Gasteiger partial charge in [0, 0.05) is 31.7 Å². The van der Waals surface area contributed by atoms with Gasteiger partial charge in [-0.25, -0.2) is 0 Å². The lowest BCUT2D eigenvalue weighted by Crippen LogP contribution is -2.34. The Kier molecular flexibility index (Phi) is 4.88. The largest absolute Gasteiger partial charge is 0.310 e. The van der Waals surface area contributed by atoms with Crippen molar-refractivity contribution in [3.05, 3.63) is 34.9 Å². The number of nitrogens with zero attached hydrogens (tertiary/aromatic N) is 1. The summed E-state index contributed by atoms with van der Waals surface area (Å²) in [5.74, 6) is 0. The molecular formula is C16H25ClN2. The van der Waals surface area contributed by atoms with E-state index in [1.807, 2.05) is 0 Å². The van der Waals surface area contributed by atoms with E-state index >= 15 is 0 Å². The number of nitrogens with one attached hydrogen (secondary N) is 1. The zero-order chi connectivity index (χ0) is 12.5. The van der Waals surface area contributed by atoms with Crippen molar-refractivity contribution < 1.29 is 0 Å². The molecule has 0 saturated carbocycles. The second-order valence-corrected chi connectivity index (χ2v) is 6.16. The van der Waals surface area contributed by atoms with Crippen LogP contribution < -0.4 is 5.32 Å². The Balaban J connectivity index is 0.00000133. The van der Waals surface area contributed by atoms with Crippen molar-refractivity contribution >= 4 is 12.4 Å². The molecule has 3 heteroatoms. The summed E-state index contributed by atoms with van der Waals surface area (Å²) in [7, 11) is 0. The van der Waals surface area contributed by atoms with Crippen LogP contribution in [0.2, 0.25) is 0 Å². The molecule has 2 saturated heterocycles. The molecule has 0 aromatic heterocycles. The number of fused-ring (bicyclic) bond motifs is 2. The van der Waals surface area contributed by atoms with Gasteiger partial charge in [-0.3, -0.25) is 4.90 Å². The Morgan fingerprint density at radius 1 is 1.05 bits per heavy atom. The Labute approximate surface area is 123 Å². The van der Waals surface area contributed by atoms with Crippen LogP contribution in [0, 0.1) is 13.8 Å². The van der Waals surface area contributed by atoms with E-state index in [1.54, 1.807) is 0 Å². The van der Waals surface area contributed by atoms with Crippen LogP contribution in [0.1, 0.15) is 36.0 Å². The van der Waals surface area contributed by atoms with E-state index in [0.29, 0.717) is 0 Å². The van der Waals surface area contributed by atoms with E-state index in [2.05, 4.69) is 42.3 Å². The molecule has 0 amide bonds. The summed E-state index contributed by atoms with van der Waals surface area (Å²) < 4.78 is 0. The number of likely N-dealkylation sites (tertiary alicyclic amines) is 1. The second kappa shape index (κ2) is 6.25. The number of hydrogen-bond donors (Lipinski definition) is 1. The Hall–Kier alpha value is -0.570. The summed E-state index contributed by atoms with van der Waals surface area (Å²) in [6.07, 6.45) is 4.08. The van der Waals surface area contributed by atoms with Crippen LogP contribution >= 0.6 is 12.4 Å². The van der Waals surface area contributed by atoms with Crippen LogP contribution in [-0.2, 0) is 6.54 Å². The van der Waals surface area contributed by atoms with Gasteiger partial charge in [0.15, 0.2) is 0 Å². The maximum atomic E-state index is 3.75. The Bertz CT molecular complexity index is 413. The van der Waals surface area contributed by atoms with Crippen molar-refractivity contribution in [2.24, 2.45) is 0 Å². The van der Waals surface area contributed by atoms with E-state index in [-0.39, 0.29) is 12.4 Å². The van der Waals surface area contributed by atoms with Crippen molar-refractivity contribution in [1.29, 1.82) is 0 Å². The van der Waals surface area contributed by atoms with Gasteiger partial charge in [-0.15, -0.1) is 12.4 Å². The smallest absolute Gasteiger partial charge is 0.0234 e. The number of hydrogen-bond acceptors (Lipinski definition) is 2. The van der Waals surface area contributed by atoms with Gasteiger partial charge in [0.25, 0.3) is 0 Å². The lowest BCUT2D eigenvalue weighted by molar-refractivity contribution is 0.251. The molecule has 2 heterocycles. The normalized spacial score (nSPS) is 26.8. The van der Waals surface area contributed by atoms with Gasteiger partial charge in [0.05, 0.1) is 0 Å². The molecule has 0 spiro atoms. The fourth-order valence-corrected chi connectivity index (χ4v) is 3.58. The van der Waals surface area contributed by atoms with Crippen molar-refractivity contribution in [2.45, 2.75) is 51.7 Å². The van der Waals surface area contributed by atoms with Crippen molar-refractivity contribution in [1.82, 2.24) is 10.2 Å². The quantitative estimate of drug-likeness (QED) is 0.896. The van der Waals surface area contributed by atoms with E-state index in [9.17, 15) is 0 Å². The molecule has 1 aromatic carbocycles. The number of halogens is 1. The minimum Gasteiger partial charge on any atom is -0.310 e. The van der Waals surface area contributed by atoms with Crippen LogP contribution in [0.4, 0.5) is 0 Å². The third kappa shape index (κ3) is 3.71. The highest BCUT2D eigenvalue weighted by Gasteiger charge is 2.28. The first-order chi connectivity index (χ1) is 8.69. The molecule has 1 N–H and O–H groups in total. The average Bonchev–Trinajstić information content (AvgIpc) is 2.61. The lowest BCUT2D eigenvalue weighted by atomic mass is 10.1. The molecule has 2 fully saturated rings. The van der Waals surface area contributed by atoms with Crippen LogP contribution in [0.15, 0.2) is 18.2 Å². The fourth-order valence-electron chi connectivity index (χ4n) is 3.58. The zero-order valence-corrected chi connectivity index (χ0v) is 12.8. The van der Waals surface area contributed by atoms with Crippen LogP contribution in [0.25, 0.3) is 0 Å². The first kappa shape index (κ1) is 14.8. The minimum atomic E-state index is 0. The monoisotopic (exact) mass is 280 g/mol. The standard InChI is InChI=1S/C16H24N2.ClH/c1-12-7-13(2)9-14(8-12)10-18-6-5-15-3-4-16(11-18)17-15;/h7-9,15-17H,3-6,10-11H2,1-2H3;1H. The van der Waals surface area contributed by atoms with Crippen molar-refractivity contribution in [2.75, 3.05) is 13.1 Å². The molecule has 2 aliphatic heterocycles. The lowest BCUT2D eigenvalue weighted by Gasteiger charge is -2.24. The molecule has 106 valence electrons. The van der Waals surface area contributed by atoms with Gasteiger partial charge < -0.3 is 5.32 Å². The molecule has 2 atom stereocenters. The van der Waals surface area contributed by atoms with E-state index in [1.165, 1.54) is 49.0 Å². The highest BCUT2D eigenvalue weighted by atomic mass is 35.5. The number of rotatable bonds is 2. The summed E-state index contributed by atoms with van der Waals surface area (Å²) in [6, 6.07) is 8.46. The van der Waals surface area contributed by atoms with Gasteiger partial charge >= 0.3 is 0 Å². The summed E-state index contributed by atoms with van der Waals surface area (Å²) in [5.41, 5.74) is 4.25. The number of benzene rings is 1. The molecular weight excluding hydrogens is 256 g/mol. The minimum absolute atomic E-state index is 0. The second-order valence-electron chi connectivity index (χ2n) is 6.16. The highest BCUT2D eigenvalue weighted by Crippen LogP contribution is 2.22. The first-order valence-electron chi connectivity index (χ1n) is 7.24. The summed E-state index contributed by atoms with van der Waals surface area (Å²) in [5, 5.41) is 3.75. The number of aryl methyl sites for hydroxylation is 2. The zero-order valence-electron chi connectivity index (χ0n) is 12.0. The van der Waals surface area contributed by atoms with Gasteiger partial charge in [0.2, 0.25) is 0 Å². The summed E-state index contributed by atoms with van der Waals surface area (Å²) >= 11 is 0. The van der Waals surface area contributed by atoms with Gasteiger partial charge in [0.1, 0.15) is 0 Å². The SMILES string of the molecule is Cc1cc(C)cc(CN2CCC3CCC(C2)N3)c1.Cl. The van der Waals surface area contributed by atoms with Crippen molar-refractivity contribution in [3.8, 4) is 0 Å². The van der Waals surface area contributed by atoms with E-state index in [4.69, 9.17) is 0 Å².